The molecule has 1 amide bonds. The summed E-state index contributed by atoms with van der Waals surface area (Å²) in [7, 11) is 0. The predicted octanol–water partition coefficient (Wildman–Crippen LogP) is 2.84. The molecule has 0 bridgehead atoms. The molecule has 0 saturated heterocycles. The highest BCUT2D eigenvalue weighted by Crippen LogP contribution is 2.22. The summed E-state index contributed by atoms with van der Waals surface area (Å²) in [5.41, 5.74) is 0.725. The van der Waals surface area contributed by atoms with E-state index in [1.165, 1.54) is 16.7 Å². The van der Waals surface area contributed by atoms with Crippen molar-refractivity contribution in [2.45, 2.75) is 33.1 Å². The van der Waals surface area contributed by atoms with E-state index in [1.54, 1.807) is 11.3 Å². The molecule has 0 saturated carbocycles. The zero-order valence-corrected chi connectivity index (χ0v) is 15.1. The van der Waals surface area contributed by atoms with E-state index in [-0.39, 0.29) is 30.2 Å². The number of rotatable bonds is 8. The molecule has 0 aliphatic rings. The monoisotopic (exact) mass is 366 g/mol. The standard InChI is InChI=1S/C16H18N2O4S2/c1-9-7-11(10(2)24-9)13(19)3-4-14(20)17-6-5-15-18-12(8-23-15)16(21)22/h7-8H,3-6H2,1-2H3,(H,17,20)(H,21,22). The highest BCUT2D eigenvalue weighted by molar-refractivity contribution is 7.12. The van der Waals surface area contributed by atoms with Gasteiger partial charge in [-0.15, -0.1) is 22.7 Å². The molecule has 2 rings (SSSR count). The molecule has 24 heavy (non-hydrogen) atoms. The van der Waals surface area contributed by atoms with Crippen molar-refractivity contribution in [3.63, 3.8) is 0 Å². The lowest BCUT2D eigenvalue weighted by Crippen LogP contribution is -2.26. The van der Waals surface area contributed by atoms with Gasteiger partial charge in [-0.3, -0.25) is 9.59 Å². The van der Waals surface area contributed by atoms with E-state index in [0.29, 0.717) is 23.5 Å². The summed E-state index contributed by atoms with van der Waals surface area (Å²) in [5.74, 6) is -1.26. The molecule has 2 heterocycles. The zero-order chi connectivity index (χ0) is 17.7. The first-order valence-electron chi connectivity index (χ1n) is 7.41. The van der Waals surface area contributed by atoms with E-state index in [0.717, 1.165) is 9.75 Å². The second kappa shape index (κ2) is 8.16. The SMILES string of the molecule is Cc1cc(C(=O)CCC(=O)NCCc2nc(C(=O)O)cs2)c(C)s1. The van der Waals surface area contributed by atoms with Gasteiger partial charge in [0.2, 0.25) is 5.91 Å². The first-order chi connectivity index (χ1) is 11.4. The molecule has 2 aromatic rings. The Kier molecular flexibility index (Phi) is 6.22. The Bertz CT molecular complexity index is 764. The minimum Gasteiger partial charge on any atom is -0.476 e. The maximum absolute atomic E-state index is 12.1. The fourth-order valence-corrected chi connectivity index (χ4v) is 3.91. The van der Waals surface area contributed by atoms with Crippen LogP contribution in [0.1, 0.15) is 48.5 Å². The van der Waals surface area contributed by atoms with Gasteiger partial charge in [-0.1, -0.05) is 0 Å². The van der Waals surface area contributed by atoms with Crippen LogP contribution in [-0.2, 0) is 11.2 Å². The van der Waals surface area contributed by atoms with E-state index in [9.17, 15) is 14.4 Å². The van der Waals surface area contributed by atoms with Gasteiger partial charge in [0.1, 0.15) is 0 Å². The molecular weight excluding hydrogens is 348 g/mol. The number of carbonyl (C=O) groups excluding carboxylic acids is 2. The van der Waals surface area contributed by atoms with Gasteiger partial charge in [0, 0.05) is 46.5 Å². The summed E-state index contributed by atoms with van der Waals surface area (Å²) in [4.78, 5) is 40.7. The number of hydrogen-bond donors (Lipinski definition) is 2. The van der Waals surface area contributed by atoms with Crippen LogP contribution < -0.4 is 5.32 Å². The van der Waals surface area contributed by atoms with E-state index < -0.39 is 5.97 Å². The number of carboxylic acid groups (broad SMARTS) is 1. The van der Waals surface area contributed by atoms with Crippen molar-refractivity contribution >= 4 is 40.3 Å². The van der Waals surface area contributed by atoms with Gasteiger partial charge >= 0.3 is 5.97 Å². The lowest BCUT2D eigenvalue weighted by atomic mass is 10.1. The predicted molar refractivity (Wildman–Crippen MR) is 93.1 cm³/mol. The Morgan fingerprint density at radius 1 is 1.25 bits per heavy atom. The van der Waals surface area contributed by atoms with Crippen LogP contribution in [-0.4, -0.2) is 34.3 Å². The summed E-state index contributed by atoms with van der Waals surface area (Å²) in [6.45, 7) is 4.23. The van der Waals surface area contributed by atoms with Crippen LogP contribution in [0.25, 0.3) is 0 Å². The van der Waals surface area contributed by atoms with Gasteiger partial charge in [-0.2, -0.15) is 0 Å². The molecule has 0 radical (unpaired) electrons. The number of thiophene rings is 1. The fraction of sp³-hybridized carbons (Fsp3) is 0.375. The smallest absolute Gasteiger partial charge is 0.355 e. The molecule has 0 fully saturated rings. The van der Waals surface area contributed by atoms with Crippen LogP contribution in [0.15, 0.2) is 11.4 Å². The van der Waals surface area contributed by atoms with Crippen molar-refractivity contribution in [2.75, 3.05) is 6.54 Å². The molecule has 2 N–H and O–H groups in total. The Hall–Kier alpha value is -2.06. The van der Waals surface area contributed by atoms with Gasteiger partial charge in [-0.25, -0.2) is 9.78 Å². The molecule has 128 valence electrons. The summed E-state index contributed by atoms with van der Waals surface area (Å²) in [6, 6.07) is 1.86. The maximum atomic E-state index is 12.1. The number of aromatic nitrogens is 1. The summed E-state index contributed by atoms with van der Waals surface area (Å²) in [5, 5.41) is 13.7. The molecule has 8 heteroatoms. The van der Waals surface area contributed by atoms with Crippen molar-refractivity contribution in [3.8, 4) is 0 Å². The topological polar surface area (TPSA) is 96.4 Å². The second-order valence-electron chi connectivity index (χ2n) is 5.28. The van der Waals surface area contributed by atoms with Crippen LogP contribution in [0, 0.1) is 13.8 Å². The maximum Gasteiger partial charge on any atom is 0.355 e. The summed E-state index contributed by atoms with van der Waals surface area (Å²) >= 11 is 2.83. The van der Waals surface area contributed by atoms with Crippen LogP contribution in [0.4, 0.5) is 0 Å². The van der Waals surface area contributed by atoms with Gasteiger partial charge < -0.3 is 10.4 Å². The zero-order valence-electron chi connectivity index (χ0n) is 13.4. The molecule has 6 nitrogen and oxygen atoms in total. The highest BCUT2D eigenvalue weighted by Gasteiger charge is 2.14. The molecule has 0 atom stereocenters. The molecule has 0 aliphatic carbocycles. The van der Waals surface area contributed by atoms with Crippen molar-refractivity contribution in [2.24, 2.45) is 0 Å². The van der Waals surface area contributed by atoms with E-state index in [1.807, 2.05) is 19.9 Å². The van der Waals surface area contributed by atoms with Crippen LogP contribution in [0.2, 0.25) is 0 Å². The number of aryl methyl sites for hydroxylation is 2. The van der Waals surface area contributed by atoms with Crippen molar-refractivity contribution in [1.82, 2.24) is 10.3 Å². The fourth-order valence-electron chi connectivity index (χ4n) is 2.19. The quantitative estimate of drug-likeness (QED) is 0.700. The van der Waals surface area contributed by atoms with Crippen molar-refractivity contribution in [1.29, 1.82) is 0 Å². The summed E-state index contributed by atoms with van der Waals surface area (Å²) < 4.78 is 0. The molecule has 0 aromatic carbocycles. The van der Waals surface area contributed by atoms with Gasteiger partial charge in [0.15, 0.2) is 11.5 Å². The van der Waals surface area contributed by atoms with E-state index in [4.69, 9.17) is 5.11 Å². The van der Waals surface area contributed by atoms with E-state index in [2.05, 4.69) is 10.3 Å². The third-order valence-electron chi connectivity index (χ3n) is 3.35. The third kappa shape index (κ3) is 4.97. The molecule has 0 spiro atoms. The van der Waals surface area contributed by atoms with Crippen molar-refractivity contribution < 1.29 is 19.5 Å². The number of aromatic carboxylic acids is 1. The average Bonchev–Trinajstić information content (AvgIpc) is 3.11. The number of thiazole rings is 1. The Labute approximate surface area is 147 Å². The highest BCUT2D eigenvalue weighted by atomic mass is 32.1. The first-order valence-corrected chi connectivity index (χ1v) is 9.11. The Balaban J connectivity index is 1.72. The number of hydrogen-bond acceptors (Lipinski definition) is 6. The lowest BCUT2D eigenvalue weighted by molar-refractivity contribution is -0.121. The lowest BCUT2D eigenvalue weighted by Gasteiger charge is -2.03. The molecule has 0 unspecified atom stereocenters. The Morgan fingerprint density at radius 3 is 2.58 bits per heavy atom. The summed E-state index contributed by atoms with van der Waals surface area (Å²) in [6.07, 6.45) is 0.801. The minimum absolute atomic E-state index is 0.0157. The first kappa shape index (κ1) is 18.3. The number of nitrogens with zero attached hydrogens (tertiary/aromatic N) is 1. The van der Waals surface area contributed by atoms with E-state index >= 15 is 0 Å². The van der Waals surface area contributed by atoms with Gasteiger partial charge in [-0.05, 0) is 19.9 Å². The Morgan fingerprint density at radius 2 is 2.00 bits per heavy atom. The van der Waals surface area contributed by atoms with Crippen LogP contribution >= 0.6 is 22.7 Å². The number of ketones is 1. The molecular formula is C16H18N2O4S2. The van der Waals surface area contributed by atoms with Crippen molar-refractivity contribution in [3.05, 3.63) is 37.5 Å². The third-order valence-corrected chi connectivity index (χ3v) is 5.23. The largest absolute Gasteiger partial charge is 0.476 e. The van der Waals surface area contributed by atoms with Gasteiger partial charge in [0.05, 0.1) is 5.01 Å². The number of Topliss-reactive ketones (excluding diaryl/α,β-unsaturated/α-hetero) is 1. The van der Waals surface area contributed by atoms with Gasteiger partial charge in [0.25, 0.3) is 0 Å². The van der Waals surface area contributed by atoms with Crippen LogP contribution in [0.3, 0.4) is 0 Å². The number of amides is 1. The van der Waals surface area contributed by atoms with Crippen LogP contribution in [0.5, 0.6) is 0 Å². The number of carbonyl (C=O) groups is 3. The average molecular weight is 366 g/mol. The molecule has 0 aliphatic heterocycles. The number of nitrogens with one attached hydrogen (secondary N) is 1. The normalized spacial score (nSPS) is 10.6. The second-order valence-corrected chi connectivity index (χ2v) is 7.68. The minimum atomic E-state index is -1.06. The molecule has 2 aromatic heterocycles. The number of carboxylic acids is 1.